The molecule has 0 aliphatic heterocycles. The summed E-state index contributed by atoms with van der Waals surface area (Å²) in [6, 6.07) is 4.80. The number of carbonyl (C=O) groups is 1. The van der Waals surface area contributed by atoms with Crippen LogP contribution in [0.1, 0.15) is 18.1 Å². The lowest BCUT2D eigenvalue weighted by Gasteiger charge is -2.02. The Kier molecular flexibility index (Phi) is 4.12. The van der Waals surface area contributed by atoms with E-state index in [9.17, 15) is 4.79 Å². The number of hydrazone groups is 1. The quantitative estimate of drug-likeness (QED) is 0.599. The van der Waals surface area contributed by atoms with Gasteiger partial charge in [0.15, 0.2) is 0 Å². The van der Waals surface area contributed by atoms with Crippen molar-refractivity contribution in [2.24, 2.45) is 10.8 Å². The number of amides is 2. The molecule has 0 unspecified atom stereocenters. The minimum absolute atomic E-state index is 0.682. The summed E-state index contributed by atoms with van der Waals surface area (Å²) in [6.07, 6.45) is 2.39. The van der Waals surface area contributed by atoms with Gasteiger partial charge in [0.05, 0.1) is 6.21 Å². The molecule has 2 amide bonds. The molecule has 0 saturated carbocycles. The zero-order chi connectivity index (χ0) is 11.3. The lowest BCUT2D eigenvalue weighted by molar-refractivity contribution is 0.249. The highest BCUT2D eigenvalue weighted by Gasteiger charge is 1.99. The van der Waals surface area contributed by atoms with Gasteiger partial charge < -0.3 is 5.73 Å². The molecule has 4 nitrogen and oxygen atoms in total. The van der Waals surface area contributed by atoms with E-state index in [1.807, 2.05) is 19.1 Å². The van der Waals surface area contributed by atoms with Gasteiger partial charge in [-0.25, -0.2) is 10.2 Å². The van der Waals surface area contributed by atoms with E-state index in [1.165, 1.54) is 0 Å². The summed E-state index contributed by atoms with van der Waals surface area (Å²) in [4.78, 5) is 10.4. The second-order valence-corrected chi connectivity index (χ2v) is 3.37. The van der Waals surface area contributed by atoms with E-state index < -0.39 is 6.03 Å². The third-order valence-electron chi connectivity index (χ3n) is 1.86. The number of benzene rings is 1. The van der Waals surface area contributed by atoms with Crippen LogP contribution in [0.15, 0.2) is 23.3 Å². The van der Waals surface area contributed by atoms with Gasteiger partial charge in [-0.2, -0.15) is 5.10 Å². The Morgan fingerprint density at radius 2 is 2.40 bits per heavy atom. The Bertz CT molecular complexity index is 390. The first-order valence-corrected chi connectivity index (χ1v) is 4.88. The number of aryl methyl sites for hydroxylation is 1. The fourth-order valence-electron chi connectivity index (χ4n) is 1.17. The minimum atomic E-state index is -0.682. The lowest BCUT2D eigenvalue weighted by atomic mass is 10.1. The zero-order valence-corrected chi connectivity index (χ0v) is 9.08. The molecule has 0 aliphatic carbocycles. The molecule has 3 N–H and O–H groups in total. The molecule has 0 aromatic heterocycles. The number of primary amides is 1. The van der Waals surface area contributed by atoms with Gasteiger partial charge in [-0.05, 0) is 29.7 Å². The van der Waals surface area contributed by atoms with E-state index in [0.29, 0.717) is 5.02 Å². The molecule has 80 valence electrons. The molecule has 0 heterocycles. The average molecular weight is 226 g/mol. The molecule has 1 rings (SSSR count). The molecule has 0 radical (unpaired) electrons. The summed E-state index contributed by atoms with van der Waals surface area (Å²) in [5.74, 6) is 0. The van der Waals surface area contributed by atoms with Crippen LogP contribution < -0.4 is 11.2 Å². The highest BCUT2D eigenvalue weighted by molar-refractivity contribution is 6.30. The maximum atomic E-state index is 10.4. The minimum Gasteiger partial charge on any atom is -0.350 e. The van der Waals surface area contributed by atoms with E-state index in [1.54, 1.807) is 12.3 Å². The summed E-state index contributed by atoms with van der Waals surface area (Å²) in [6.45, 7) is 2.02. The van der Waals surface area contributed by atoms with Crippen molar-refractivity contribution in [2.75, 3.05) is 0 Å². The number of carbonyl (C=O) groups excluding carboxylic acids is 1. The van der Waals surface area contributed by atoms with Crippen molar-refractivity contribution < 1.29 is 4.79 Å². The fraction of sp³-hybridized carbons (Fsp3) is 0.200. The Balaban J connectivity index is 2.84. The van der Waals surface area contributed by atoms with E-state index in [4.69, 9.17) is 17.3 Å². The second kappa shape index (κ2) is 5.36. The van der Waals surface area contributed by atoms with Crippen molar-refractivity contribution in [2.45, 2.75) is 13.3 Å². The first-order chi connectivity index (χ1) is 7.13. The second-order valence-electron chi connectivity index (χ2n) is 2.93. The van der Waals surface area contributed by atoms with Gasteiger partial charge in [-0.3, -0.25) is 0 Å². The Morgan fingerprint density at radius 1 is 1.67 bits per heavy atom. The van der Waals surface area contributed by atoms with Gasteiger partial charge in [-0.15, -0.1) is 0 Å². The normalized spacial score (nSPS) is 10.5. The molecule has 1 aromatic carbocycles. The third kappa shape index (κ3) is 3.59. The number of hydrogen-bond acceptors (Lipinski definition) is 2. The van der Waals surface area contributed by atoms with Gasteiger partial charge in [0.25, 0.3) is 0 Å². The Morgan fingerprint density at radius 3 is 3.00 bits per heavy atom. The number of nitrogens with two attached hydrogens (primary N) is 1. The Labute approximate surface area is 93.1 Å². The van der Waals surface area contributed by atoms with Crippen molar-refractivity contribution in [3.63, 3.8) is 0 Å². The Hall–Kier alpha value is -1.55. The number of nitrogens with one attached hydrogen (secondary N) is 1. The van der Waals surface area contributed by atoms with Crippen molar-refractivity contribution in [3.8, 4) is 0 Å². The van der Waals surface area contributed by atoms with Crippen LogP contribution in [0.25, 0.3) is 0 Å². The van der Waals surface area contributed by atoms with Crippen LogP contribution in [0.2, 0.25) is 5.02 Å². The smallest absolute Gasteiger partial charge is 0.332 e. The number of rotatable bonds is 3. The number of hydrogen-bond donors (Lipinski definition) is 2. The van der Waals surface area contributed by atoms with Gasteiger partial charge in [0, 0.05) is 5.02 Å². The lowest BCUT2D eigenvalue weighted by Crippen LogP contribution is -2.24. The van der Waals surface area contributed by atoms with E-state index in [2.05, 4.69) is 10.5 Å². The molecular weight excluding hydrogens is 214 g/mol. The van der Waals surface area contributed by atoms with Crippen molar-refractivity contribution in [1.82, 2.24) is 5.43 Å². The van der Waals surface area contributed by atoms with Crippen LogP contribution in [-0.2, 0) is 6.42 Å². The third-order valence-corrected chi connectivity index (χ3v) is 2.10. The van der Waals surface area contributed by atoms with Gasteiger partial charge >= 0.3 is 6.03 Å². The van der Waals surface area contributed by atoms with E-state index in [0.717, 1.165) is 17.5 Å². The van der Waals surface area contributed by atoms with Crippen molar-refractivity contribution in [3.05, 3.63) is 34.3 Å². The molecule has 0 spiro atoms. The predicted octanol–water partition coefficient (Wildman–Crippen LogP) is 1.90. The van der Waals surface area contributed by atoms with Gasteiger partial charge in [0.1, 0.15) is 0 Å². The molecule has 1 aromatic rings. The number of halogens is 1. The molecular formula is C10H12ClN3O. The SMILES string of the molecule is CCc1cc(Cl)ccc1C=NNC(N)=O. The van der Waals surface area contributed by atoms with E-state index in [-0.39, 0.29) is 0 Å². The molecule has 0 aliphatic rings. The van der Waals surface area contributed by atoms with Crippen LogP contribution in [0, 0.1) is 0 Å². The predicted molar refractivity (Wildman–Crippen MR) is 61.1 cm³/mol. The topological polar surface area (TPSA) is 67.5 Å². The molecule has 0 saturated heterocycles. The highest BCUT2D eigenvalue weighted by Crippen LogP contribution is 2.15. The molecule has 15 heavy (non-hydrogen) atoms. The van der Waals surface area contributed by atoms with Crippen LogP contribution in [0.3, 0.4) is 0 Å². The number of nitrogens with zero attached hydrogens (tertiary/aromatic N) is 1. The maximum absolute atomic E-state index is 10.4. The van der Waals surface area contributed by atoms with Crippen LogP contribution >= 0.6 is 11.6 Å². The van der Waals surface area contributed by atoms with Gasteiger partial charge in [-0.1, -0.05) is 24.6 Å². The molecule has 0 bridgehead atoms. The molecule has 0 fully saturated rings. The average Bonchev–Trinajstić information content (AvgIpc) is 2.19. The standard InChI is InChI=1S/C10H12ClN3O/c1-2-7-5-9(11)4-3-8(7)6-13-14-10(12)15/h3-6H,2H2,1H3,(H3,12,14,15). The highest BCUT2D eigenvalue weighted by atomic mass is 35.5. The summed E-state index contributed by atoms with van der Waals surface area (Å²) >= 11 is 5.85. The fourth-order valence-corrected chi connectivity index (χ4v) is 1.37. The molecule has 0 atom stereocenters. The number of urea groups is 1. The first-order valence-electron chi connectivity index (χ1n) is 4.50. The maximum Gasteiger partial charge on any atom is 0.332 e. The monoisotopic (exact) mass is 225 g/mol. The van der Waals surface area contributed by atoms with Crippen LogP contribution in [0.4, 0.5) is 4.79 Å². The van der Waals surface area contributed by atoms with Crippen molar-refractivity contribution >= 4 is 23.8 Å². The van der Waals surface area contributed by atoms with Crippen LogP contribution in [0.5, 0.6) is 0 Å². The summed E-state index contributed by atoms with van der Waals surface area (Å²) in [7, 11) is 0. The molecule has 5 heteroatoms. The van der Waals surface area contributed by atoms with Crippen molar-refractivity contribution in [1.29, 1.82) is 0 Å². The largest absolute Gasteiger partial charge is 0.350 e. The summed E-state index contributed by atoms with van der Waals surface area (Å²) in [5, 5.41) is 4.37. The summed E-state index contributed by atoms with van der Waals surface area (Å²) in [5.41, 5.74) is 8.98. The van der Waals surface area contributed by atoms with E-state index >= 15 is 0 Å². The zero-order valence-electron chi connectivity index (χ0n) is 8.33. The van der Waals surface area contributed by atoms with Gasteiger partial charge in [0.2, 0.25) is 0 Å². The first kappa shape index (κ1) is 11.5. The van der Waals surface area contributed by atoms with Crippen LogP contribution in [-0.4, -0.2) is 12.2 Å². The summed E-state index contributed by atoms with van der Waals surface area (Å²) < 4.78 is 0.